The molecule has 0 saturated heterocycles. The third-order valence-electron chi connectivity index (χ3n) is 3.80. The molecule has 2 heterocycles. The summed E-state index contributed by atoms with van der Waals surface area (Å²) in [5.41, 5.74) is 2.04. The second-order valence-electron chi connectivity index (χ2n) is 5.15. The number of carbonyl (C=O) groups excluding carboxylic acids is 1. The lowest BCUT2D eigenvalue weighted by molar-refractivity contribution is 0.188. The van der Waals surface area contributed by atoms with E-state index in [1.165, 1.54) is 0 Å². The molecule has 2 rings (SSSR count). The van der Waals surface area contributed by atoms with Gasteiger partial charge < -0.3 is 14.8 Å². The summed E-state index contributed by atoms with van der Waals surface area (Å²) >= 11 is 0. The second-order valence-corrected chi connectivity index (χ2v) is 5.15. The lowest BCUT2D eigenvalue weighted by atomic mass is 10.1. The van der Waals surface area contributed by atoms with Gasteiger partial charge in [0.15, 0.2) is 0 Å². The molecule has 6 nitrogen and oxygen atoms in total. The van der Waals surface area contributed by atoms with Gasteiger partial charge in [0.1, 0.15) is 0 Å². The fourth-order valence-electron chi connectivity index (χ4n) is 2.52. The van der Waals surface area contributed by atoms with E-state index < -0.39 is 0 Å². The molecule has 1 N–H and O–H groups in total. The molecule has 0 aliphatic carbocycles. The van der Waals surface area contributed by atoms with Gasteiger partial charge in [-0.1, -0.05) is 13.0 Å². The summed E-state index contributed by atoms with van der Waals surface area (Å²) in [7, 11) is 1.81. The van der Waals surface area contributed by atoms with Crippen LogP contribution in [0.1, 0.15) is 37.6 Å². The third kappa shape index (κ3) is 3.63. The minimum atomic E-state index is -0.0976. The maximum absolute atomic E-state index is 12.4. The highest BCUT2D eigenvalue weighted by Crippen LogP contribution is 2.21. The standard InChI is InChI=1S/C16H23N5O/c1-4-15(13-7-6-8-17-9-13)20(3)16(22)19-11-14-10-18-12-21(14)5-2/h6-10,12,15H,4-5,11H2,1-3H3,(H,19,22)/t15-/m0/s1. The Balaban J connectivity index is 1.99. The highest BCUT2D eigenvalue weighted by Gasteiger charge is 2.20. The number of aryl methyl sites for hydroxylation is 1. The lowest BCUT2D eigenvalue weighted by Crippen LogP contribution is -2.39. The average Bonchev–Trinajstić information content (AvgIpc) is 3.01. The van der Waals surface area contributed by atoms with E-state index >= 15 is 0 Å². The van der Waals surface area contributed by atoms with E-state index in [4.69, 9.17) is 0 Å². The Labute approximate surface area is 131 Å². The molecule has 1 atom stereocenters. The quantitative estimate of drug-likeness (QED) is 0.892. The number of pyridine rings is 1. The smallest absolute Gasteiger partial charge is 0.317 e. The van der Waals surface area contributed by atoms with Crippen LogP contribution < -0.4 is 5.32 Å². The van der Waals surface area contributed by atoms with Gasteiger partial charge in [-0.3, -0.25) is 4.98 Å². The van der Waals surface area contributed by atoms with Crippen molar-refractivity contribution in [2.45, 2.75) is 39.4 Å². The van der Waals surface area contributed by atoms with Gasteiger partial charge in [-0.05, 0) is 25.0 Å². The molecule has 6 heteroatoms. The van der Waals surface area contributed by atoms with Crippen molar-refractivity contribution in [3.05, 3.63) is 48.3 Å². The maximum Gasteiger partial charge on any atom is 0.317 e. The predicted molar refractivity (Wildman–Crippen MR) is 85.2 cm³/mol. The van der Waals surface area contributed by atoms with Crippen LogP contribution in [-0.2, 0) is 13.1 Å². The molecule has 0 aliphatic rings. The van der Waals surface area contributed by atoms with Crippen LogP contribution >= 0.6 is 0 Å². The van der Waals surface area contributed by atoms with Crippen LogP contribution in [0.3, 0.4) is 0 Å². The van der Waals surface area contributed by atoms with Crippen LogP contribution in [0.5, 0.6) is 0 Å². The summed E-state index contributed by atoms with van der Waals surface area (Å²) in [5, 5.41) is 2.95. The van der Waals surface area contributed by atoms with Crippen LogP contribution in [0.15, 0.2) is 37.1 Å². The van der Waals surface area contributed by atoms with E-state index in [0.29, 0.717) is 6.54 Å². The van der Waals surface area contributed by atoms with Gasteiger partial charge in [0.25, 0.3) is 0 Å². The molecule has 0 saturated carbocycles. The Bertz CT molecular complexity index is 596. The van der Waals surface area contributed by atoms with Crippen molar-refractivity contribution in [1.29, 1.82) is 0 Å². The first-order chi connectivity index (χ1) is 10.7. The van der Waals surface area contributed by atoms with Crippen molar-refractivity contribution in [1.82, 2.24) is 24.8 Å². The summed E-state index contributed by atoms with van der Waals surface area (Å²) < 4.78 is 2.01. The Morgan fingerprint density at radius 3 is 2.82 bits per heavy atom. The molecular weight excluding hydrogens is 278 g/mol. The molecule has 2 amide bonds. The first-order valence-electron chi connectivity index (χ1n) is 7.56. The molecule has 2 aromatic heterocycles. The summed E-state index contributed by atoms with van der Waals surface area (Å²) in [6.07, 6.45) is 7.94. The lowest BCUT2D eigenvalue weighted by Gasteiger charge is -2.27. The van der Waals surface area contributed by atoms with Crippen molar-refractivity contribution in [2.75, 3.05) is 7.05 Å². The van der Waals surface area contributed by atoms with E-state index in [2.05, 4.69) is 29.1 Å². The molecule has 118 valence electrons. The molecule has 0 bridgehead atoms. The van der Waals surface area contributed by atoms with Gasteiger partial charge in [-0.15, -0.1) is 0 Å². The van der Waals surface area contributed by atoms with Crippen molar-refractivity contribution >= 4 is 6.03 Å². The Hall–Kier alpha value is -2.37. The average molecular weight is 301 g/mol. The molecule has 0 radical (unpaired) electrons. The number of amides is 2. The number of aromatic nitrogens is 3. The number of imidazole rings is 1. The molecule has 22 heavy (non-hydrogen) atoms. The molecule has 0 spiro atoms. The van der Waals surface area contributed by atoms with Crippen LogP contribution in [0, 0.1) is 0 Å². The maximum atomic E-state index is 12.4. The zero-order valence-electron chi connectivity index (χ0n) is 13.4. The SMILES string of the molecule is CC[C@@H](c1cccnc1)N(C)C(=O)NCc1cncn1CC. The molecular formula is C16H23N5O. The van der Waals surface area contributed by atoms with Gasteiger partial charge >= 0.3 is 6.03 Å². The minimum Gasteiger partial charge on any atom is -0.333 e. The monoisotopic (exact) mass is 301 g/mol. The largest absolute Gasteiger partial charge is 0.333 e. The number of rotatable bonds is 6. The highest BCUT2D eigenvalue weighted by atomic mass is 16.2. The van der Waals surface area contributed by atoms with Gasteiger partial charge in [0.2, 0.25) is 0 Å². The van der Waals surface area contributed by atoms with Crippen LogP contribution in [0.2, 0.25) is 0 Å². The van der Waals surface area contributed by atoms with Gasteiger partial charge in [-0.25, -0.2) is 9.78 Å². The molecule has 0 aliphatic heterocycles. The van der Waals surface area contributed by atoms with Crippen molar-refractivity contribution in [2.24, 2.45) is 0 Å². The van der Waals surface area contributed by atoms with Crippen LogP contribution in [0.25, 0.3) is 0 Å². The highest BCUT2D eigenvalue weighted by molar-refractivity contribution is 5.74. The molecule has 0 fully saturated rings. The third-order valence-corrected chi connectivity index (χ3v) is 3.80. The Kier molecular flexibility index (Phi) is 5.52. The summed E-state index contributed by atoms with van der Waals surface area (Å²) in [6, 6.07) is 3.81. The normalized spacial score (nSPS) is 12.0. The molecule has 0 unspecified atom stereocenters. The van der Waals surface area contributed by atoms with E-state index in [1.54, 1.807) is 23.6 Å². The Morgan fingerprint density at radius 1 is 1.36 bits per heavy atom. The topological polar surface area (TPSA) is 63.1 Å². The van der Waals surface area contributed by atoms with E-state index in [-0.39, 0.29) is 12.1 Å². The zero-order valence-corrected chi connectivity index (χ0v) is 13.4. The zero-order chi connectivity index (χ0) is 15.9. The first-order valence-corrected chi connectivity index (χ1v) is 7.56. The fraction of sp³-hybridized carbons (Fsp3) is 0.438. The predicted octanol–water partition coefficient (Wildman–Crippen LogP) is 2.59. The van der Waals surface area contributed by atoms with Crippen LogP contribution in [-0.4, -0.2) is 32.5 Å². The van der Waals surface area contributed by atoms with Crippen molar-refractivity contribution < 1.29 is 4.79 Å². The summed E-state index contributed by atoms with van der Waals surface area (Å²) in [4.78, 5) is 22.3. The number of nitrogens with zero attached hydrogens (tertiary/aromatic N) is 4. The number of hydrogen-bond donors (Lipinski definition) is 1. The number of urea groups is 1. The van der Waals surface area contributed by atoms with E-state index in [1.807, 2.05) is 29.9 Å². The number of hydrogen-bond acceptors (Lipinski definition) is 3. The van der Waals surface area contributed by atoms with Crippen molar-refractivity contribution in [3.63, 3.8) is 0 Å². The minimum absolute atomic E-state index is 0.0183. The van der Waals surface area contributed by atoms with Crippen LogP contribution in [0.4, 0.5) is 4.79 Å². The van der Waals surface area contributed by atoms with Crippen molar-refractivity contribution in [3.8, 4) is 0 Å². The van der Waals surface area contributed by atoms with Gasteiger partial charge in [-0.2, -0.15) is 0 Å². The summed E-state index contributed by atoms with van der Waals surface area (Å²) in [5.74, 6) is 0. The Morgan fingerprint density at radius 2 is 2.18 bits per heavy atom. The second kappa shape index (κ2) is 7.59. The number of carbonyl (C=O) groups is 1. The first kappa shape index (κ1) is 16.0. The number of nitrogens with one attached hydrogen (secondary N) is 1. The van der Waals surface area contributed by atoms with Gasteiger partial charge in [0, 0.05) is 32.2 Å². The molecule has 2 aromatic rings. The fourth-order valence-corrected chi connectivity index (χ4v) is 2.52. The van der Waals surface area contributed by atoms with E-state index in [0.717, 1.165) is 24.2 Å². The van der Waals surface area contributed by atoms with Gasteiger partial charge in [0.05, 0.1) is 24.6 Å². The molecule has 0 aromatic carbocycles. The van der Waals surface area contributed by atoms with E-state index in [9.17, 15) is 4.79 Å². The summed E-state index contributed by atoms with van der Waals surface area (Å²) in [6.45, 7) is 5.43.